The molecule has 2 aromatic carbocycles. The predicted octanol–water partition coefficient (Wildman–Crippen LogP) is 3.65. The molecule has 184 valence electrons. The number of anilines is 1. The number of carbonyl (C=O) groups is 2. The summed E-state index contributed by atoms with van der Waals surface area (Å²) in [5.41, 5.74) is 1.89. The first-order chi connectivity index (χ1) is 16.7. The van der Waals surface area contributed by atoms with Crippen molar-refractivity contribution in [3.63, 3.8) is 0 Å². The molecule has 0 aliphatic rings. The van der Waals surface area contributed by atoms with Crippen molar-refractivity contribution in [3.8, 4) is 0 Å². The molecule has 11 heteroatoms. The molecule has 0 aliphatic heterocycles. The van der Waals surface area contributed by atoms with Crippen LogP contribution in [-0.2, 0) is 31.7 Å². The predicted molar refractivity (Wildman–Crippen MR) is 134 cm³/mol. The largest absolute Gasteiger partial charge is 0.462 e. The highest BCUT2D eigenvalue weighted by molar-refractivity contribution is 7.99. The summed E-state index contributed by atoms with van der Waals surface area (Å²) in [7, 11) is -3.62. The number of amides is 1. The van der Waals surface area contributed by atoms with Gasteiger partial charge in [-0.1, -0.05) is 35.5 Å². The van der Waals surface area contributed by atoms with Crippen molar-refractivity contribution in [3.05, 3.63) is 78.1 Å². The number of nitrogens with one attached hydrogen (secondary N) is 1. The average Bonchev–Trinajstić information content (AvgIpc) is 3.19. The Balaban J connectivity index is 1.65. The first-order valence-corrected chi connectivity index (χ1v) is 13.4. The lowest BCUT2D eigenvalue weighted by Crippen LogP contribution is -2.15. The number of ether oxygens (including phenoxy) is 1. The van der Waals surface area contributed by atoms with E-state index >= 15 is 0 Å². The SMILES string of the molecule is C=CCn1c(CS(=O)(=O)c2ccc(C)cc2)nnc1SCC(=O)Nc1ccc(C(=O)OCC)cc1. The number of aryl methyl sites for hydroxylation is 1. The molecule has 0 radical (unpaired) electrons. The van der Waals surface area contributed by atoms with Gasteiger partial charge in [0, 0.05) is 12.2 Å². The summed E-state index contributed by atoms with van der Waals surface area (Å²) in [6, 6.07) is 13.0. The molecule has 0 fully saturated rings. The quantitative estimate of drug-likeness (QED) is 0.234. The molecule has 1 heterocycles. The van der Waals surface area contributed by atoms with Crippen LogP contribution in [0.5, 0.6) is 0 Å². The smallest absolute Gasteiger partial charge is 0.338 e. The van der Waals surface area contributed by atoms with Gasteiger partial charge in [0.05, 0.1) is 22.8 Å². The Hall–Kier alpha value is -3.44. The molecule has 1 amide bonds. The van der Waals surface area contributed by atoms with E-state index in [0.29, 0.717) is 23.0 Å². The van der Waals surface area contributed by atoms with Crippen LogP contribution in [0.3, 0.4) is 0 Å². The monoisotopic (exact) mass is 514 g/mol. The zero-order valence-electron chi connectivity index (χ0n) is 19.4. The third-order valence-electron chi connectivity index (χ3n) is 4.82. The molecule has 9 nitrogen and oxygen atoms in total. The number of allylic oxidation sites excluding steroid dienone is 1. The van der Waals surface area contributed by atoms with E-state index in [-0.39, 0.29) is 34.7 Å². The Morgan fingerprint density at radius 3 is 2.43 bits per heavy atom. The van der Waals surface area contributed by atoms with Gasteiger partial charge in [-0.25, -0.2) is 13.2 Å². The van der Waals surface area contributed by atoms with E-state index in [4.69, 9.17) is 4.74 Å². The minimum absolute atomic E-state index is 0.0274. The van der Waals surface area contributed by atoms with Crippen molar-refractivity contribution in [1.29, 1.82) is 0 Å². The van der Waals surface area contributed by atoms with Crippen LogP contribution in [0.1, 0.15) is 28.7 Å². The van der Waals surface area contributed by atoms with E-state index in [1.165, 1.54) is 0 Å². The van der Waals surface area contributed by atoms with Crippen molar-refractivity contribution in [2.45, 2.75) is 36.2 Å². The Bertz CT molecular complexity index is 1300. The number of sulfone groups is 1. The number of hydrogen-bond donors (Lipinski definition) is 1. The van der Waals surface area contributed by atoms with E-state index < -0.39 is 15.8 Å². The van der Waals surface area contributed by atoms with Crippen LogP contribution < -0.4 is 5.32 Å². The Labute approximate surface area is 208 Å². The molecule has 0 unspecified atom stereocenters. The van der Waals surface area contributed by atoms with Crippen LogP contribution in [-0.4, -0.2) is 47.4 Å². The summed E-state index contributed by atoms with van der Waals surface area (Å²) in [6.45, 7) is 7.91. The molecule has 1 N–H and O–H groups in total. The summed E-state index contributed by atoms with van der Waals surface area (Å²) < 4.78 is 32.3. The highest BCUT2D eigenvalue weighted by atomic mass is 32.2. The second-order valence-electron chi connectivity index (χ2n) is 7.50. The van der Waals surface area contributed by atoms with Crippen LogP contribution >= 0.6 is 11.8 Å². The number of thioether (sulfide) groups is 1. The van der Waals surface area contributed by atoms with Crippen molar-refractivity contribution >= 4 is 39.2 Å². The van der Waals surface area contributed by atoms with Crippen LogP contribution in [0.2, 0.25) is 0 Å². The van der Waals surface area contributed by atoms with Crippen LogP contribution in [0.15, 0.2) is 71.2 Å². The first-order valence-electron chi connectivity index (χ1n) is 10.8. The van der Waals surface area contributed by atoms with Crippen LogP contribution in [0.4, 0.5) is 5.69 Å². The van der Waals surface area contributed by atoms with Crippen molar-refractivity contribution in [1.82, 2.24) is 14.8 Å². The van der Waals surface area contributed by atoms with E-state index in [1.807, 2.05) is 6.92 Å². The topological polar surface area (TPSA) is 120 Å². The first kappa shape index (κ1) is 26.2. The molecule has 0 saturated carbocycles. The van der Waals surface area contributed by atoms with E-state index in [9.17, 15) is 18.0 Å². The van der Waals surface area contributed by atoms with Gasteiger partial charge in [0.15, 0.2) is 15.0 Å². The number of esters is 1. The molecule has 35 heavy (non-hydrogen) atoms. The molecule has 0 saturated heterocycles. The highest BCUT2D eigenvalue weighted by Gasteiger charge is 2.22. The summed E-state index contributed by atoms with van der Waals surface area (Å²) in [5, 5.41) is 11.3. The van der Waals surface area contributed by atoms with Gasteiger partial charge in [-0.3, -0.25) is 4.79 Å². The van der Waals surface area contributed by atoms with Crippen LogP contribution in [0, 0.1) is 6.92 Å². The summed E-state index contributed by atoms with van der Waals surface area (Å²) in [5.74, 6) is -0.748. The van der Waals surface area contributed by atoms with Crippen molar-refractivity contribution in [2.24, 2.45) is 0 Å². The third kappa shape index (κ3) is 7.03. The van der Waals surface area contributed by atoms with Gasteiger partial charge in [0.25, 0.3) is 0 Å². The van der Waals surface area contributed by atoms with Gasteiger partial charge < -0.3 is 14.6 Å². The van der Waals surface area contributed by atoms with Gasteiger partial charge in [-0.05, 0) is 50.2 Å². The van der Waals surface area contributed by atoms with Crippen molar-refractivity contribution < 1.29 is 22.7 Å². The normalized spacial score (nSPS) is 11.1. The number of rotatable bonds is 11. The van der Waals surface area contributed by atoms with E-state index in [1.54, 1.807) is 66.1 Å². The number of aromatic nitrogens is 3. The molecule has 0 bridgehead atoms. The number of carbonyl (C=O) groups excluding carboxylic acids is 2. The summed E-state index contributed by atoms with van der Waals surface area (Å²) >= 11 is 1.13. The minimum Gasteiger partial charge on any atom is -0.462 e. The standard InChI is InChI=1S/C24H26N4O5S2/c1-4-14-28-21(16-35(31,32)20-12-6-17(3)7-13-20)26-27-24(28)34-15-22(29)25-19-10-8-18(9-11-19)23(30)33-5-2/h4,6-13H,1,5,14-16H2,2-3H3,(H,25,29). The third-order valence-corrected chi connectivity index (χ3v) is 7.41. The fourth-order valence-electron chi connectivity index (χ4n) is 3.08. The second kappa shape index (κ2) is 11.8. The maximum atomic E-state index is 12.8. The molecule has 0 atom stereocenters. The van der Waals surface area contributed by atoms with E-state index in [0.717, 1.165) is 17.3 Å². The molecule has 1 aromatic heterocycles. The molecule has 0 aliphatic carbocycles. The van der Waals surface area contributed by atoms with E-state index in [2.05, 4.69) is 22.1 Å². The van der Waals surface area contributed by atoms with Gasteiger partial charge in [0.2, 0.25) is 5.91 Å². The van der Waals surface area contributed by atoms with Crippen molar-refractivity contribution in [2.75, 3.05) is 17.7 Å². The zero-order chi connectivity index (χ0) is 25.4. The zero-order valence-corrected chi connectivity index (χ0v) is 21.1. The lowest BCUT2D eigenvalue weighted by atomic mass is 10.2. The average molecular weight is 515 g/mol. The van der Waals surface area contributed by atoms with Crippen LogP contribution in [0.25, 0.3) is 0 Å². The fourth-order valence-corrected chi connectivity index (χ4v) is 5.11. The number of nitrogens with zero attached hydrogens (tertiary/aromatic N) is 3. The van der Waals surface area contributed by atoms with Gasteiger partial charge in [0.1, 0.15) is 11.6 Å². The summed E-state index contributed by atoms with van der Waals surface area (Å²) in [4.78, 5) is 24.4. The minimum atomic E-state index is -3.62. The number of hydrogen-bond acceptors (Lipinski definition) is 8. The highest BCUT2D eigenvalue weighted by Crippen LogP contribution is 2.22. The lowest BCUT2D eigenvalue weighted by molar-refractivity contribution is -0.113. The Morgan fingerprint density at radius 2 is 1.80 bits per heavy atom. The molecule has 0 spiro atoms. The Kier molecular flexibility index (Phi) is 8.83. The molecular weight excluding hydrogens is 488 g/mol. The molecular formula is C24H26N4O5S2. The van der Waals surface area contributed by atoms with Gasteiger partial charge in [-0.2, -0.15) is 0 Å². The number of benzene rings is 2. The lowest BCUT2D eigenvalue weighted by Gasteiger charge is -2.09. The molecule has 3 rings (SSSR count). The summed E-state index contributed by atoms with van der Waals surface area (Å²) in [6.07, 6.45) is 1.61. The second-order valence-corrected chi connectivity index (χ2v) is 10.4. The maximum absolute atomic E-state index is 12.8. The van der Waals surface area contributed by atoms with Gasteiger partial charge >= 0.3 is 5.97 Å². The fraction of sp³-hybridized carbons (Fsp3) is 0.250. The van der Waals surface area contributed by atoms with Gasteiger partial charge in [-0.15, -0.1) is 16.8 Å². The maximum Gasteiger partial charge on any atom is 0.338 e. The Morgan fingerprint density at radius 1 is 1.11 bits per heavy atom. The molecule has 3 aromatic rings.